The van der Waals surface area contributed by atoms with Gasteiger partial charge in [0.05, 0.1) is 34.4 Å². The molecule has 0 aromatic rings. The van der Waals surface area contributed by atoms with Crippen molar-refractivity contribution >= 4 is 17.9 Å². The molecule has 0 aliphatic rings. The number of rotatable bonds is 36. The highest BCUT2D eigenvalue weighted by atomic mass is 16.6. The van der Waals surface area contributed by atoms with Crippen LogP contribution in [-0.4, -0.2) is 80.6 Å². The molecule has 0 saturated carbocycles. The first kappa shape index (κ1) is 49.3. The van der Waals surface area contributed by atoms with Crippen molar-refractivity contribution in [1.29, 1.82) is 0 Å². The van der Waals surface area contributed by atoms with Gasteiger partial charge in [0.25, 0.3) is 0 Å². The number of nitrogens with zero attached hydrogens (tertiary/aromatic N) is 1. The zero-order chi connectivity index (χ0) is 38.5. The third kappa shape index (κ3) is 33.1. The molecule has 0 saturated heterocycles. The van der Waals surface area contributed by atoms with E-state index in [4.69, 9.17) is 14.2 Å². The summed E-state index contributed by atoms with van der Waals surface area (Å²) >= 11 is 0. The molecule has 0 bridgehead atoms. The Balaban J connectivity index is 4.27. The van der Waals surface area contributed by atoms with Crippen molar-refractivity contribution < 1.29 is 38.2 Å². The van der Waals surface area contributed by atoms with Crippen LogP contribution in [0.25, 0.3) is 0 Å². The maximum absolute atomic E-state index is 12.6. The molecule has 0 radical (unpaired) electrons. The number of carboxylic acid groups (broad SMARTS) is 1. The molecule has 0 aromatic heterocycles. The first-order valence-electron chi connectivity index (χ1n) is 20.7. The molecule has 0 amide bonds. The Kier molecular flexibility index (Phi) is 33.5. The number of allylic oxidation sites excluding steroid dienone is 8. The monoisotopic (exact) mass is 733 g/mol. The number of esters is 2. The lowest BCUT2D eigenvalue weighted by Gasteiger charge is -2.31. The number of quaternary nitrogens is 1. The minimum atomic E-state index is -0.880. The van der Waals surface area contributed by atoms with Gasteiger partial charge in [0.15, 0.2) is 12.1 Å². The van der Waals surface area contributed by atoms with Gasteiger partial charge in [0, 0.05) is 19.3 Å². The summed E-state index contributed by atoms with van der Waals surface area (Å²) < 4.78 is 17.1. The van der Waals surface area contributed by atoms with E-state index in [1.807, 2.05) is 21.1 Å². The van der Waals surface area contributed by atoms with Crippen molar-refractivity contribution in [3.05, 3.63) is 48.6 Å². The van der Waals surface area contributed by atoms with E-state index >= 15 is 0 Å². The highest BCUT2D eigenvalue weighted by Crippen LogP contribution is 2.13. The Morgan fingerprint density at radius 3 is 1.54 bits per heavy atom. The predicted octanol–water partition coefficient (Wildman–Crippen LogP) is 10.9. The Morgan fingerprint density at radius 1 is 0.577 bits per heavy atom. The molecule has 2 atom stereocenters. The van der Waals surface area contributed by atoms with Crippen LogP contribution in [0, 0.1) is 0 Å². The van der Waals surface area contributed by atoms with Crippen LogP contribution >= 0.6 is 0 Å². The topological polar surface area (TPSA) is 99.1 Å². The standard InChI is InChI=1S/C44H77NO7/c1-6-8-10-12-14-15-16-17-18-19-20-21-22-23-24-25-26-27-29-30-32-34-42(46)51-39-40(38-50-37-36-41(44(48)49)45(3,4)5)52-43(47)35-33-31-28-13-11-9-7-2/h14-15,17-18,20-21,23-24,40-41H,6-13,16,19,22,25-39H2,1-5H3/p+1/b15-14+,18-17+,21-20+,24-23+. The van der Waals surface area contributed by atoms with Gasteiger partial charge in [-0.3, -0.25) is 9.59 Å². The summed E-state index contributed by atoms with van der Waals surface area (Å²) in [6.45, 7) is 4.63. The first-order valence-corrected chi connectivity index (χ1v) is 20.7. The van der Waals surface area contributed by atoms with E-state index in [0.29, 0.717) is 19.3 Å². The van der Waals surface area contributed by atoms with E-state index in [9.17, 15) is 19.5 Å². The average molecular weight is 733 g/mol. The zero-order valence-electron chi connectivity index (χ0n) is 34.0. The van der Waals surface area contributed by atoms with Crippen LogP contribution in [-0.2, 0) is 28.6 Å². The first-order chi connectivity index (χ1) is 25.1. The van der Waals surface area contributed by atoms with E-state index in [0.717, 1.165) is 77.0 Å². The summed E-state index contributed by atoms with van der Waals surface area (Å²) in [6, 6.07) is -0.615. The molecule has 0 rings (SSSR count). The van der Waals surface area contributed by atoms with Crippen LogP contribution in [0.3, 0.4) is 0 Å². The van der Waals surface area contributed by atoms with Crippen LogP contribution in [0.4, 0.5) is 0 Å². The maximum Gasteiger partial charge on any atom is 0.362 e. The number of ether oxygens (including phenoxy) is 3. The number of carboxylic acids is 1. The van der Waals surface area contributed by atoms with E-state index in [-0.39, 0.29) is 36.2 Å². The number of unbranched alkanes of at least 4 members (excludes halogenated alkanes) is 14. The molecule has 0 heterocycles. The summed E-state index contributed by atoms with van der Waals surface area (Å²) in [5.41, 5.74) is 0. The second kappa shape index (κ2) is 35.3. The summed E-state index contributed by atoms with van der Waals surface area (Å²) in [5.74, 6) is -1.50. The van der Waals surface area contributed by atoms with Gasteiger partial charge in [-0.05, 0) is 57.8 Å². The van der Waals surface area contributed by atoms with Crippen LogP contribution in [0.15, 0.2) is 48.6 Å². The van der Waals surface area contributed by atoms with E-state index in [1.165, 1.54) is 51.4 Å². The minimum Gasteiger partial charge on any atom is -0.477 e. The van der Waals surface area contributed by atoms with Gasteiger partial charge >= 0.3 is 17.9 Å². The van der Waals surface area contributed by atoms with Crippen LogP contribution in [0.5, 0.6) is 0 Å². The summed E-state index contributed by atoms with van der Waals surface area (Å²) in [4.78, 5) is 36.7. The second-order valence-electron chi connectivity index (χ2n) is 14.9. The molecule has 1 N–H and O–H groups in total. The zero-order valence-corrected chi connectivity index (χ0v) is 34.0. The van der Waals surface area contributed by atoms with E-state index in [1.54, 1.807) is 0 Å². The third-order valence-electron chi connectivity index (χ3n) is 8.98. The van der Waals surface area contributed by atoms with Gasteiger partial charge in [-0.25, -0.2) is 4.79 Å². The Bertz CT molecular complexity index is 995. The van der Waals surface area contributed by atoms with Crippen LogP contribution < -0.4 is 0 Å². The fourth-order valence-corrected chi connectivity index (χ4v) is 5.72. The van der Waals surface area contributed by atoms with Crippen molar-refractivity contribution in [2.24, 2.45) is 0 Å². The third-order valence-corrected chi connectivity index (χ3v) is 8.98. The lowest BCUT2D eigenvalue weighted by Crippen LogP contribution is -2.50. The average Bonchev–Trinajstić information content (AvgIpc) is 3.09. The largest absolute Gasteiger partial charge is 0.477 e. The van der Waals surface area contributed by atoms with Gasteiger partial charge in [-0.15, -0.1) is 0 Å². The van der Waals surface area contributed by atoms with Gasteiger partial charge in [0.1, 0.15) is 6.61 Å². The van der Waals surface area contributed by atoms with E-state index in [2.05, 4.69) is 62.5 Å². The molecule has 52 heavy (non-hydrogen) atoms. The molecule has 0 fully saturated rings. The number of hydrogen-bond acceptors (Lipinski definition) is 6. The molecule has 2 unspecified atom stereocenters. The molecule has 0 aliphatic carbocycles. The summed E-state index contributed by atoms with van der Waals surface area (Å²) in [6.07, 6.45) is 40.2. The molecular formula is C44H78NO7+. The van der Waals surface area contributed by atoms with E-state index < -0.39 is 18.1 Å². The highest BCUT2D eigenvalue weighted by Gasteiger charge is 2.31. The lowest BCUT2D eigenvalue weighted by atomic mass is 10.1. The smallest absolute Gasteiger partial charge is 0.362 e. The van der Waals surface area contributed by atoms with Crippen molar-refractivity contribution in [2.45, 2.75) is 174 Å². The number of likely N-dealkylation sites (N-methyl/N-ethyl adjacent to an activating group) is 1. The minimum absolute atomic E-state index is 0.0545. The predicted molar refractivity (Wildman–Crippen MR) is 215 cm³/mol. The maximum atomic E-state index is 12.6. The number of carbonyl (C=O) groups excluding carboxylic acids is 2. The number of hydrogen-bond donors (Lipinski definition) is 1. The molecule has 0 aromatic carbocycles. The Hall–Kier alpha value is -2.71. The highest BCUT2D eigenvalue weighted by molar-refractivity contribution is 5.72. The second-order valence-corrected chi connectivity index (χ2v) is 14.9. The normalized spacial score (nSPS) is 13.5. The lowest BCUT2D eigenvalue weighted by molar-refractivity contribution is -0.887. The molecular weight excluding hydrogens is 654 g/mol. The molecule has 8 heteroatoms. The molecule has 8 nitrogen and oxygen atoms in total. The fourth-order valence-electron chi connectivity index (χ4n) is 5.72. The summed E-state index contributed by atoms with van der Waals surface area (Å²) in [7, 11) is 5.50. The van der Waals surface area contributed by atoms with Crippen molar-refractivity contribution in [1.82, 2.24) is 0 Å². The Morgan fingerprint density at radius 2 is 1.02 bits per heavy atom. The molecule has 300 valence electrons. The quantitative estimate of drug-likeness (QED) is 0.0296. The molecule has 0 spiro atoms. The molecule has 0 aliphatic heterocycles. The number of aliphatic carboxylic acids is 1. The van der Waals surface area contributed by atoms with Crippen molar-refractivity contribution in [3.63, 3.8) is 0 Å². The van der Waals surface area contributed by atoms with Crippen molar-refractivity contribution in [3.8, 4) is 0 Å². The van der Waals surface area contributed by atoms with Crippen LogP contribution in [0.2, 0.25) is 0 Å². The number of carbonyl (C=O) groups is 3. The van der Waals surface area contributed by atoms with Crippen LogP contribution in [0.1, 0.15) is 162 Å². The van der Waals surface area contributed by atoms with Gasteiger partial charge < -0.3 is 23.8 Å². The van der Waals surface area contributed by atoms with Gasteiger partial charge in [0.2, 0.25) is 0 Å². The van der Waals surface area contributed by atoms with Crippen molar-refractivity contribution in [2.75, 3.05) is 41.0 Å². The van der Waals surface area contributed by atoms with Gasteiger partial charge in [-0.1, -0.05) is 133 Å². The SMILES string of the molecule is CCCCC/C=C/C/C=C/C/C=C/C/C=C/CCCCCCCC(=O)OCC(COCCC(C(=O)O)[N+](C)(C)C)OC(=O)CCCCCCCCC. The van der Waals surface area contributed by atoms with Gasteiger partial charge in [-0.2, -0.15) is 0 Å². The Labute approximate surface area is 318 Å². The summed E-state index contributed by atoms with van der Waals surface area (Å²) in [5, 5.41) is 9.57. The fraction of sp³-hybridized carbons (Fsp3) is 0.750.